The summed E-state index contributed by atoms with van der Waals surface area (Å²) < 4.78 is 7.68. The summed E-state index contributed by atoms with van der Waals surface area (Å²) in [6.07, 6.45) is 0.869. The summed E-state index contributed by atoms with van der Waals surface area (Å²) in [5, 5.41) is 8.07. The highest BCUT2D eigenvalue weighted by Crippen LogP contribution is 2.29. The van der Waals surface area contributed by atoms with Gasteiger partial charge in [0.05, 0.1) is 5.52 Å². The maximum atomic E-state index is 5.94. The standard InChI is InChI=1S/C15H16N4O/c1-3-10-8-11(16)4-7-15(10)20-12-5-6-14-13(9-12)17-18-19(14)2/h4-9H,3,16H2,1-2H3. The lowest BCUT2D eigenvalue weighted by molar-refractivity contribution is 0.477. The molecular weight excluding hydrogens is 252 g/mol. The third kappa shape index (κ3) is 2.18. The third-order valence-electron chi connectivity index (χ3n) is 3.28. The summed E-state index contributed by atoms with van der Waals surface area (Å²) in [6.45, 7) is 2.08. The zero-order chi connectivity index (χ0) is 14.1. The van der Waals surface area contributed by atoms with E-state index in [0.29, 0.717) is 0 Å². The van der Waals surface area contributed by atoms with Crippen molar-refractivity contribution in [1.82, 2.24) is 15.0 Å². The van der Waals surface area contributed by atoms with Crippen molar-refractivity contribution in [3.05, 3.63) is 42.0 Å². The molecule has 102 valence electrons. The molecule has 1 aromatic heterocycles. The summed E-state index contributed by atoms with van der Waals surface area (Å²) in [4.78, 5) is 0. The SMILES string of the molecule is CCc1cc(N)ccc1Oc1ccc2c(c1)nnn2C. The van der Waals surface area contributed by atoms with Crippen LogP contribution in [0.25, 0.3) is 11.0 Å². The Morgan fingerprint density at radius 2 is 2.05 bits per heavy atom. The van der Waals surface area contributed by atoms with E-state index < -0.39 is 0 Å². The van der Waals surface area contributed by atoms with Crippen LogP contribution in [-0.4, -0.2) is 15.0 Å². The first-order valence-corrected chi connectivity index (χ1v) is 6.53. The number of aromatic nitrogens is 3. The largest absolute Gasteiger partial charge is 0.457 e. The molecule has 0 amide bonds. The molecule has 0 aliphatic rings. The molecule has 0 spiro atoms. The van der Waals surface area contributed by atoms with Crippen molar-refractivity contribution in [1.29, 1.82) is 0 Å². The Kier molecular flexibility index (Phi) is 3.02. The molecule has 2 aromatic carbocycles. The van der Waals surface area contributed by atoms with E-state index >= 15 is 0 Å². The van der Waals surface area contributed by atoms with Gasteiger partial charge in [0.15, 0.2) is 0 Å². The first-order chi connectivity index (χ1) is 9.67. The molecule has 2 N–H and O–H groups in total. The van der Waals surface area contributed by atoms with Crippen LogP contribution in [0.15, 0.2) is 36.4 Å². The van der Waals surface area contributed by atoms with Crippen LogP contribution in [0.4, 0.5) is 5.69 Å². The lowest BCUT2D eigenvalue weighted by Gasteiger charge is -2.10. The molecule has 3 rings (SSSR count). The predicted molar refractivity (Wildman–Crippen MR) is 78.8 cm³/mol. The number of nitrogens with zero attached hydrogens (tertiary/aromatic N) is 3. The second kappa shape index (κ2) is 4.85. The van der Waals surface area contributed by atoms with E-state index in [2.05, 4.69) is 17.2 Å². The van der Waals surface area contributed by atoms with E-state index in [-0.39, 0.29) is 0 Å². The summed E-state index contributed by atoms with van der Waals surface area (Å²) in [5.74, 6) is 1.57. The van der Waals surface area contributed by atoms with Crippen LogP contribution in [0.2, 0.25) is 0 Å². The number of nitrogens with two attached hydrogens (primary N) is 1. The number of ether oxygens (including phenoxy) is 1. The predicted octanol–water partition coefficient (Wildman–Crippen LogP) is 2.91. The minimum Gasteiger partial charge on any atom is -0.457 e. The molecule has 0 aliphatic heterocycles. The van der Waals surface area contributed by atoms with Gasteiger partial charge in [-0.2, -0.15) is 0 Å². The van der Waals surface area contributed by atoms with Gasteiger partial charge in [-0.15, -0.1) is 5.10 Å². The van der Waals surface area contributed by atoms with Crippen LogP contribution in [0, 0.1) is 0 Å². The van der Waals surface area contributed by atoms with Crippen molar-refractivity contribution in [2.45, 2.75) is 13.3 Å². The maximum Gasteiger partial charge on any atom is 0.130 e. The first-order valence-electron chi connectivity index (χ1n) is 6.53. The number of rotatable bonds is 3. The summed E-state index contributed by atoms with van der Waals surface area (Å²) in [6, 6.07) is 11.4. The molecule has 0 radical (unpaired) electrons. The number of nitrogen functional groups attached to an aromatic ring is 1. The van der Waals surface area contributed by atoms with Gasteiger partial charge < -0.3 is 10.5 Å². The van der Waals surface area contributed by atoms with Crippen LogP contribution >= 0.6 is 0 Å². The van der Waals surface area contributed by atoms with Crippen molar-refractivity contribution in [2.24, 2.45) is 7.05 Å². The molecule has 0 saturated carbocycles. The van der Waals surface area contributed by atoms with Crippen molar-refractivity contribution < 1.29 is 4.74 Å². The Labute approximate surface area is 117 Å². The number of hydrogen-bond acceptors (Lipinski definition) is 4. The Morgan fingerprint density at radius 3 is 2.85 bits per heavy atom. The molecule has 20 heavy (non-hydrogen) atoms. The maximum absolute atomic E-state index is 5.94. The molecule has 0 fully saturated rings. The normalized spacial score (nSPS) is 10.9. The van der Waals surface area contributed by atoms with Gasteiger partial charge in [-0.25, -0.2) is 4.68 Å². The molecular formula is C15H16N4O. The highest BCUT2D eigenvalue weighted by molar-refractivity contribution is 5.76. The summed E-state index contributed by atoms with van der Waals surface area (Å²) >= 11 is 0. The fourth-order valence-corrected chi connectivity index (χ4v) is 2.19. The lowest BCUT2D eigenvalue weighted by atomic mass is 10.1. The zero-order valence-corrected chi connectivity index (χ0v) is 11.5. The van der Waals surface area contributed by atoms with Crippen molar-refractivity contribution in [3.63, 3.8) is 0 Å². The third-order valence-corrected chi connectivity index (χ3v) is 3.28. The Morgan fingerprint density at radius 1 is 1.20 bits per heavy atom. The Bertz CT molecular complexity index is 764. The van der Waals surface area contributed by atoms with Gasteiger partial charge >= 0.3 is 0 Å². The number of fused-ring (bicyclic) bond motifs is 1. The molecule has 0 bridgehead atoms. The van der Waals surface area contributed by atoms with Gasteiger partial charge in [-0.1, -0.05) is 12.1 Å². The Balaban J connectivity index is 1.96. The fraction of sp³-hybridized carbons (Fsp3) is 0.200. The Hall–Kier alpha value is -2.56. The van der Waals surface area contributed by atoms with Gasteiger partial charge in [0, 0.05) is 18.8 Å². The van der Waals surface area contributed by atoms with Crippen LogP contribution in [0.1, 0.15) is 12.5 Å². The molecule has 0 aliphatic carbocycles. The van der Waals surface area contributed by atoms with E-state index in [0.717, 1.165) is 40.2 Å². The second-order valence-electron chi connectivity index (χ2n) is 4.69. The van der Waals surface area contributed by atoms with Gasteiger partial charge in [0.25, 0.3) is 0 Å². The molecule has 0 unspecified atom stereocenters. The van der Waals surface area contributed by atoms with Gasteiger partial charge in [-0.3, -0.25) is 0 Å². The smallest absolute Gasteiger partial charge is 0.130 e. The van der Waals surface area contributed by atoms with E-state index in [4.69, 9.17) is 10.5 Å². The van der Waals surface area contributed by atoms with E-state index in [9.17, 15) is 0 Å². The van der Waals surface area contributed by atoms with Crippen molar-refractivity contribution in [3.8, 4) is 11.5 Å². The number of benzene rings is 2. The second-order valence-corrected chi connectivity index (χ2v) is 4.69. The van der Waals surface area contributed by atoms with E-state index in [1.165, 1.54) is 0 Å². The molecule has 3 aromatic rings. The molecule has 0 atom stereocenters. The van der Waals surface area contributed by atoms with Crippen LogP contribution < -0.4 is 10.5 Å². The van der Waals surface area contributed by atoms with Crippen molar-refractivity contribution in [2.75, 3.05) is 5.73 Å². The van der Waals surface area contributed by atoms with Gasteiger partial charge in [0.2, 0.25) is 0 Å². The minimum absolute atomic E-state index is 0.748. The monoisotopic (exact) mass is 268 g/mol. The molecule has 1 heterocycles. The lowest BCUT2D eigenvalue weighted by Crippen LogP contribution is -1.93. The van der Waals surface area contributed by atoms with Crippen LogP contribution in [0.3, 0.4) is 0 Å². The van der Waals surface area contributed by atoms with E-state index in [1.807, 2.05) is 43.4 Å². The minimum atomic E-state index is 0.748. The average Bonchev–Trinajstić information content (AvgIpc) is 2.82. The molecule has 0 saturated heterocycles. The molecule has 5 nitrogen and oxygen atoms in total. The molecule has 5 heteroatoms. The summed E-state index contributed by atoms with van der Waals surface area (Å²) in [7, 11) is 1.87. The zero-order valence-electron chi connectivity index (χ0n) is 11.5. The first kappa shape index (κ1) is 12.5. The quantitative estimate of drug-likeness (QED) is 0.742. The van der Waals surface area contributed by atoms with Gasteiger partial charge in [0.1, 0.15) is 17.0 Å². The average molecular weight is 268 g/mol. The van der Waals surface area contributed by atoms with Crippen molar-refractivity contribution >= 4 is 16.7 Å². The number of hydrogen-bond donors (Lipinski definition) is 1. The highest BCUT2D eigenvalue weighted by atomic mass is 16.5. The number of aryl methyl sites for hydroxylation is 2. The fourth-order valence-electron chi connectivity index (χ4n) is 2.19. The van der Waals surface area contributed by atoms with Gasteiger partial charge in [-0.05, 0) is 42.3 Å². The topological polar surface area (TPSA) is 66.0 Å². The number of anilines is 1. The highest BCUT2D eigenvalue weighted by Gasteiger charge is 2.07. The van der Waals surface area contributed by atoms with Crippen LogP contribution in [0.5, 0.6) is 11.5 Å². The van der Waals surface area contributed by atoms with Crippen LogP contribution in [-0.2, 0) is 13.5 Å². The van der Waals surface area contributed by atoms with E-state index in [1.54, 1.807) is 4.68 Å². The summed E-state index contributed by atoms with van der Waals surface area (Å²) in [5.41, 5.74) is 9.43.